The van der Waals surface area contributed by atoms with Crippen molar-refractivity contribution in [3.05, 3.63) is 78.9 Å². The van der Waals surface area contributed by atoms with Crippen molar-refractivity contribution in [3.63, 3.8) is 0 Å². The second-order valence-corrected chi connectivity index (χ2v) is 14.8. The van der Waals surface area contributed by atoms with E-state index in [-0.39, 0.29) is 18.2 Å². The lowest BCUT2D eigenvalue weighted by molar-refractivity contribution is -0.120. The monoisotopic (exact) mass is 744 g/mol. The number of anilines is 2. The van der Waals surface area contributed by atoms with Crippen molar-refractivity contribution in [2.24, 2.45) is 5.92 Å². The van der Waals surface area contributed by atoms with E-state index < -0.39 is 0 Å². The Labute approximate surface area is 319 Å². The summed E-state index contributed by atoms with van der Waals surface area (Å²) in [6, 6.07) is 16.3. The van der Waals surface area contributed by atoms with Gasteiger partial charge in [0.1, 0.15) is 5.75 Å². The zero-order chi connectivity index (χ0) is 37.9. The molecule has 6 aromatic rings. The van der Waals surface area contributed by atoms with Crippen LogP contribution in [-0.2, 0) is 9.59 Å². The van der Waals surface area contributed by atoms with Gasteiger partial charge >= 0.3 is 0 Å². The standard InChI is InChI=1S/C41H48N10O4/c1-42-40(53)16-21-48(27-52)35-5-3-6-36-32(35)15-22-49(36)30-13-19-47(20-14-30)18-12-28-8-10-31(11-9-28)50-26-29-23-33(37(55-2)24-34(29)46-50)41(54)45-39-25-43-38-7-4-17-44-51(38)39/h3-7,15,17,22-28,30-31H,8-14,16,18-21H2,1-2H3,(H,42,53)(H,45,54). The Hall–Kier alpha value is -5.76. The number of carbonyl (C=O) groups excluding carboxylic acids is 3. The zero-order valence-corrected chi connectivity index (χ0v) is 31.4. The van der Waals surface area contributed by atoms with Gasteiger partial charge in [-0.25, -0.2) is 4.98 Å². The van der Waals surface area contributed by atoms with E-state index in [2.05, 4.69) is 59.4 Å². The van der Waals surface area contributed by atoms with Crippen molar-refractivity contribution < 1.29 is 19.1 Å². The molecule has 0 radical (unpaired) electrons. The van der Waals surface area contributed by atoms with Crippen molar-refractivity contribution in [2.45, 2.75) is 63.5 Å². The SMILES string of the molecule is CNC(=O)CCN(C=O)c1cccc2c1ccn2C1CCN(CCC2CCC(n3cc4cc(C(=O)Nc5cnc6cccnn56)c(OC)cc4n3)CC2)CC1. The average Bonchev–Trinajstić information content (AvgIpc) is 3.97. The van der Waals surface area contributed by atoms with Crippen molar-refractivity contribution in [3.8, 4) is 5.75 Å². The summed E-state index contributed by atoms with van der Waals surface area (Å²) in [5.41, 5.74) is 3.87. The lowest BCUT2D eigenvalue weighted by Gasteiger charge is -2.35. The Kier molecular flexibility index (Phi) is 10.5. The molecular weight excluding hydrogens is 697 g/mol. The first-order chi connectivity index (χ1) is 26.9. The number of nitrogens with one attached hydrogen (secondary N) is 2. The quantitative estimate of drug-likeness (QED) is 0.140. The van der Waals surface area contributed by atoms with Crippen molar-refractivity contribution in [2.75, 3.05) is 50.6 Å². The van der Waals surface area contributed by atoms with Crippen LogP contribution in [0.2, 0.25) is 0 Å². The molecule has 1 aliphatic carbocycles. The number of amides is 3. The predicted octanol–water partition coefficient (Wildman–Crippen LogP) is 5.85. The molecule has 1 saturated heterocycles. The van der Waals surface area contributed by atoms with E-state index in [0.29, 0.717) is 47.3 Å². The summed E-state index contributed by atoms with van der Waals surface area (Å²) in [5.74, 6) is 1.29. The van der Waals surface area contributed by atoms with Crippen LogP contribution in [0.15, 0.2) is 73.3 Å². The molecule has 4 aromatic heterocycles. The Morgan fingerprint density at radius 1 is 1.02 bits per heavy atom. The number of benzene rings is 2. The molecule has 0 spiro atoms. The molecule has 2 N–H and O–H groups in total. The fourth-order valence-corrected chi connectivity index (χ4v) is 8.51. The van der Waals surface area contributed by atoms with Gasteiger partial charge in [-0.1, -0.05) is 6.07 Å². The summed E-state index contributed by atoms with van der Waals surface area (Å²) in [7, 11) is 3.18. The third-order valence-corrected chi connectivity index (χ3v) is 11.6. The van der Waals surface area contributed by atoms with Gasteiger partial charge in [-0.15, -0.1) is 0 Å². The molecule has 1 saturated carbocycles. The summed E-state index contributed by atoms with van der Waals surface area (Å²) < 4.78 is 11.7. The molecule has 8 rings (SSSR count). The van der Waals surface area contributed by atoms with Crippen LogP contribution >= 0.6 is 0 Å². The first-order valence-electron chi connectivity index (χ1n) is 19.3. The molecule has 14 heteroatoms. The van der Waals surface area contributed by atoms with E-state index in [9.17, 15) is 14.4 Å². The summed E-state index contributed by atoms with van der Waals surface area (Å²) in [5, 5.41) is 16.7. The van der Waals surface area contributed by atoms with Crippen LogP contribution in [0, 0.1) is 5.92 Å². The number of rotatable bonds is 13. The largest absolute Gasteiger partial charge is 0.496 e. The number of aromatic nitrogens is 6. The van der Waals surface area contributed by atoms with Crippen LogP contribution in [0.25, 0.3) is 27.5 Å². The Balaban J connectivity index is 0.830. The fourth-order valence-electron chi connectivity index (χ4n) is 8.51. The van der Waals surface area contributed by atoms with Gasteiger partial charge in [-0.05, 0) is 93.8 Å². The number of imidazole rings is 1. The maximum Gasteiger partial charge on any atom is 0.260 e. The first-order valence-corrected chi connectivity index (χ1v) is 19.3. The summed E-state index contributed by atoms with van der Waals surface area (Å²) in [6.07, 6.45) is 16.5. The van der Waals surface area contributed by atoms with Crippen molar-refractivity contribution >= 4 is 57.2 Å². The Morgan fingerprint density at radius 2 is 1.85 bits per heavy atom. The number of methoxy groups -OCH3 is 1. The fraction of sp³-hybridized carbons (Fsp3) is 0.415. The van der Waals surface area contributed by atoms with Gasteiger partial charge < -0.3 is 29.7 Å². The van der Waals surface area contributed by atoms with Gasteiger partial charge in [-0.2, -0.15) is 14.7 Å². The summed E-state index contributed by atoms with van der Waals surface area (Å²) in [4.78, 5) is 45.7. The van der Waals surface area contributed by atoms with Gasteiger partial charge in [0, 0.05) is 74.6 Å². The topological polar surface area (TPSA) is 144 Å². The van der Waals surface area contributed by atoms with E-state index in [1.165, 1.54) is 19.3 Å². The van der Waals surface area contributed by atoms with E-state index in [4.69, 9.17) is 9.84 Å². The minimum Gasteiger partial charge on any atom is -0.496 e. The van der Waals surface area contributed by atoms with Gasteiger partial charge in [0.15, 0.2) is 11.5 Å². The Bertz CT molecular complexity index is 2310. The molecule has 55 heavy (non-hydrogen) atoms. The van der Waals surface area contributed by atoms with Crippen LogP contribution < -0.4 is 20.3 Å². The lowest BCUT2D eigenvalue weighted by atomic mass is 9.84. The molecule has 2 fully saturated rings. The van der Waals surface area contributed by atoms with Crippen molar-refractivity contribution in [1.82, 2.24) is 39.2 Å². The molecule has 5 heterocycles. The number of carbonyl (C=O) groups is 3. The number of ether oxygens (including phenoxy) is 1. The highest BCUT2D eigenvalue weighted by molar-refractivity contribution is 6.08. The molecule has 14 nitrogen and oxygen atoms in total. The van der Waals surface area contributed by atoms with Gasteiger partial charge in [-0.3, -0.25) is 19.1 Å². The smallest absolute Gasteiger partial charge is 0.260 e. The third kappa shape index (κ3) is 7.50. The molecule has 0 unspecified atom stereocenters. The minimum atomic E-state index is -0.296. The molecule has 2 aliphatic rings. The van der Waals surface area contributed by atoms with E-state index >= 15 is 0 Å². The molecule has 2 aromatic carbocycles. The maximum atomic E-state index is 13.4. The average molecular weight is 745 g/mol. The Morgan fingerprint density at radius 3 is 2.64 bits per heavy atom. The third-order valence-electron chi connectivity index (χ3n) is 11.6. The summed E-state index contributed by atoms with van der Waals surface area (Å²) >= 11 is 0. The van der Waals surface area contributed by atoms with Crippen LogP contribution in [0.3, 0.4) is 0 Å². The minimum absolute atomic E-state index is 0.0835. The molecule has 0 atom stereocenters. The maximum absolute atomic E-state index is 13.4. The molecule has 3 amide bonds. The summed E-state index contributed by atoms with van der Waals surface area (Å²) in [6.45, 7) is 3.62. The molecule has 286 valence electrons. The zero-order valence-electron chi connectivity index (χ0n) is 31.4. The van der Waals surface area contributed by atoms with Crippen LogP contribution in [0.4, 0.5) is 11.5 Å². The van der Waals surface area contributed by atoms with E-state index in [1.807, 2.05) is 30.3 Å². The van der Waals surface area contributed by atoms with E-state index in [1.54, 1.807) is 42.0 Å². The lowest BCUT2D eigenvalue weighted by Crippen LogP contribution is -2.36. The number of piperidine rings is 1. The number of nitrogens with zero attached hydrogens (tertiary/aromatic N) is 8. The highest BCUT2D eigenvalue weighted by Gasteiger charge is 2.27. The van der Waals surface area contributed by atoms with Gasteiger partial charge in [0.05, 0.1) is 41.6 Å². The highest BCUT2D eigenvalue weighted by atomic mass is 16.5. The number of hydrogen-bond acceptors (Lipinski definition) is 8. The second-order valence-electron chi connectivity index (χ2n) is 14.8. The van der Waals surface area contributed by atoms with Crippen LogP contribution in [0.1, 0.15) is 73.8 Å². The van der Waals surface area contributed by atoms with Crippen molar-refractivity contribution in [1.29, 1.82) is 0 Å². The highest BCUT2D eigenvalue weighted by Crippen LogP contribution is 2.37. The van der Waals surface area contributed by atoms with Gasteiger partial charge in [0.2, 0.25) is 12.3 Å². The molecule has 0 bridgehead atoms. The number of likely N-dealkylation sites (tertiary alicyclic amines) is 1. The van der Waals surface area contributed by atoms with E-state index in [0.717, 1.165) is 79.2 Å². The number of fused-ring (bicyclic) bond motifs is 3. The second kappa shape index (κ2) is 15.9. The first kappa shape index (κ1) is 36.2. The van der Waals surface area contributed by atoms with Gasteiger partial charge in [0.25, 0.3) is 5.91 Å². The van der Waals surface area contributed by atoms with Crippen LogP contribution in [-0.4, -0.2) is 92.4 Å². The van der Waals surface area contributed by atoms with Crippen LogP contribution in [0.5, 0.6) is 5.75 Å². The molecule has 1 aliphatic heterocycles. The molecular formula is C41H48N10O4. The normalized spacial score (nSPS) is 18.1. The number of hydrogen-bond donors (Lipinski definition) is 2. The predicted molar refractivity (Wildman–Crippen MR) is 212 cm³/mol.